The van der Waals surface area contributed by atoms with Crippen molar-refractivity contribution in [3.8, 4) is 22.9 Å². The minimum absolute atomic E-state index is 0.111. The maximum atomic E-state index is 12.9. The van der Waals surface area contributed by atoms with Crippen molar-refractivity contribution in [2.24, 2.45) is 0 Å². The fourth-order valence-electron chi connectivity index (χ4n) is 3.62. The summed E-state index contributed by atoms with van der Waals surface area (Å²) in [5.41, 5.74) is 1.61. The quantitative estimate of drug-likeness (QED) is 0.514. The average molecular weight is 440 g/mol. The molecule has 1 fully saturated rings. The van der Waals surface area contributed by atoms with E-state index in [0.29, 0.717) is 34.8 Å². The molecule has 0 N–H and O–H groups in total. The molecule has 31 heavy (non-hydrogen) atoms. The van der Waals surface area contributed by atoms with Gasteiger partial charge in [0.25, 0.3) is 0 Å². The molecule has 2 aromatic carbocycles. The second-order valence-corrected chi connectivity index (χ2v) is 7.54. The highest BCUT2D eigenvalue weighted by Crippen LogP contribution is 2.33. The van der Waals surface area contributed by atoms with Gasteiger partial charge in [-0.25, -0.2) is 0 Å². The summed E-state index contributed by atoms with van der Waals surface area (Å²) in [5.74, 6) is 2.02. The van der Waals surface area contributed by atoms with Crippen LogP contribution in [0.25, 0.3) is 17.5 Å². The highest BCUT2D eigenvalue weighted by molar-refractivity contribution is 6.30. The second-order valence-electron chi connectivity index (χ2n) is 7.10. The fraction of sp³-hybridized carbons (Fsp3) is 0.261. The lowest BCUT2D eigenvalue weighted by Crippen LogP contribution is -2.29. The van der Waals surface area contributed by atoms with E-state index in [4.69, 9.17) is 25.6 Å². The zero-order valence-electron chi connectivity index (χ0n) is 17.2. The van der Waals surface area contributed by atoms with E-state index >= 15 is 0 Å². The molecule has 4 rings (SSSR count). The van der Waals surface area contributed by atoms with Gasteiger partial charge in [0.1, 0.15) is 6.04 Å². The molecule has 1 saturated heterocycles. The predicted molar refractivity (Wildman–Crippen MR) is 117 cm³/mol. The molecule has 1 amide bonds. The second kappa shape index (κ2) is 9.22. The summed E-state index contributed by atoms with van der Waals surface area (Å²) in [4.78, 5) is 19.1. The minimum Gasteiger partial charge on any atom is -0.493 e. The molecule has 160 valence electrons. The molecule has 7 nitrogen and oxygen atoms in total. The van der Waals surface area contributed by atoms with Gasteiger partial charge in [-0.1, -0.05) is 35.0 Å². The van der Waals surface area contributed by atoms with Gasteiger partial charge >= 0.3 is 0 Å². The Hall–Kier alpha value is -3.32. The molecule has 0 bridgehead atoms. The number of aromatic nitrogens is 2. The zero-order valence-corrected chi connectivity index (χ0v) is 18.0. The summed E-state index contributed by atoms with van der Waals surface area (Å²) in [7, 11) is 3.16. The van der Waals surface area contributed by atoms with Gasteiger partial charge < -0.3 is 18.9 Å². The lowest BCUT2D eigenvalue weighted by molar-refractivity contribution is -0.127. The summed E-state index contributed by atoms with van der Waals surface area (Å²) in [5, 5.41) is 4.67. The molecular weight excluding hydrogens is 418 g/mol. The van der Waals surface area contributed by atoms with Crippen molar-refractivity contribution >= 4 is 23.6 Å². The Morgan fingerprint density at radius 1 is 1.19 bits per heavy atom. The summed E-state index contributed by atoms with van der Waals surface area (Å²) in [6.07, 6.45) is 4.95. The maximum absolute atomic E-state index is 12.9. The Morgan fingerprint density at radius 3 is 2.81 bits per heavy atom. The Bertz CT molecular complexity index is 1110. The average Bonchev–Trinajstić information content (AvgIpc) is 3.47. The van der Waals surface area contributed by atoms with Crippen molar-refractivity contribution in [3.63, 3.8) is 0 Å². The number of carbonyl (C=O) groups excluding carboxylic acids is 1. The molecule has 2 heterocycles. The van der Waals surface area contributed by atoms with E-state index < -0.39 is 0 Å². The Kier molecular flexibility index (Phi) is 6.23. The van der Waals surface area contributed by atoms with Crippen LogP contribution in [-0.2, 0) is 4.79 Å². The number of amides is 1. The molecule has 0 unspecified atom stereocenters. The van der Waals surface area contributed by atoms with Gasteiger partial charge in [0, 0.05) is 23.2 Å². The number of halogens is 1. The molecule has 1 atom stereocenters. The molecule has 3 aromatic rings. The van der Waals surface area contributed by atoms with Crippen molar-refractivity contribution < 1.29 is 18.8 Å². The third kappa shape index (κ3) is 4.56. The van der Waals surface area contributed by atoms with Gasteiger partial charge in [-0.2, -0.15) is 4.98 Å². The first-order valence-corrected chi connectivity index (χ1v) is 10.3. The number of nitrogens with zero attached hydrogens (tertiary/aromatic N) is 3. The van der Waals surface area contributed by atoms with E-state index in [-0.39, 0.29) is 11.9 Å². The molecule has 8 heteroatoms. The number of likely N-dealkylation sites (tertiary alicyclic amines) is 1. The van der Waals surface area contributed by atoms with Crippen molar-refractivity contribution in [1.82, 2.24) is 15.0 Å². The first kappa shape index (κ1) is 20.9. The molecule has 1 aromatic heterocycles. The molecular formula is C23H22ClN3O4. The normalized spacial score (nSPS) is 16.1. The molecule has 0 aliphatic carbocycles. The van der Waals surface area contributed by atoms with Crippen LogP contribution in [-0.4, -0.2) is 41.7 Å². The van der Waals surface area contributed by atoms with Crippen molar-refractivity contribution in [3.05, 3.63) is 65.0 Å². The first-order chi connectivity index (χ1) is 15.1. The van der Waals surface area contributed by atoms with Gasteiger partial charge in [-0.05, 0) is 48.7 Å². The number of ether oxygens (including phenoxy) is 2. The van der Waals surface area contributed by atoms with Crippen LogP contribution < -0.4 is 9.47 Å². The predicted octanol–water partition coefficient (Wildman–Crippen LogP) is 4.78. The third-order valence-corrected chi connectivity index (χ3v) is 5.41. The molecule has 0 radical (unpaired) electrons. The van der Waals surface area contributed by atoms with Crippen molar-refractivity contribution in [2.45, 2.75) is 18.9 Å². The highest BCUT2D eigenvalue weighted by Gasteiger charge is 2.33. The summed E-state index contributed by atoms with van der Waals surface area (Å²) < 4.78 is 16.1. The van der Waals surface area contributed by atoms with Crippen LogP contribution in [0.3, 0.4) is 0 Å². The highest BCUT2D eigenvalue weighted by atomic mass is 35.5. The number of methoxy groups -OCH3 is 2. The number of benzene rings is 2. The monoisotopic (exact) mass is 439 g/mol. The first-order valence-electron chi connectivity index (χ1n) is 9.89. The van der Waals surface area contributed by atoms with Gasteiger partial charge in [0.15, 0.2) is 11.5 Å². The fourth-order valence-corrected chi connectivity index (χ4v) is 3.81. The van der Waals surface area contributed by atoms with E-state index in [1.54, 1.807) is 49.5 Å². The third-order valence-electron chi connectivity index (χ3n) is 5.17. The SMILES string of the molecule is COc1ccc(/C=C/C(=O)N2CCC[C@H]2c2nc(-c3cccc(Cl)c3)no2)cc1OC. The molecule has 1 aliphatic heterocycles. The van der Waals surface area contributed by atoms with Crippen LogP contribution in [0.2, 0.25) is 5.02 Å². The van der Waals surface area contributed by atoms with Crippen LogP contribution in [0.15, 0.2) is 53.1 Å². The van der Waals surface area contributed by atoms with Gasteiger partial charge in [0.05, 0.1) is 14.2 Å². The number of carbonyl (C=O) groups is 1. The van der Waals surface area contributed by atoms with Crippen LogP contribution in [0.5, 0.6) is 11.5 Å². The van der Waals surface area contributed by atoms with E-state index in [2.05, 4.69) is 10.1 Å². The van der Waals surface area contributed by atoms with E-state index in [9.17, 15) is 4.79 Å². The number of rotatable bonds is 6. The zero-order chi connectivity index (χ0) is 21.8. The van der Waals surface area contributed by atoms with Gasteiger partial charge in [-0.15, -0.1) is 0 Å². The van der Waals surface area contributed by atoms with E-state index in [0.717, 1.165) is 24.0 Å². The van der Waals surface area contributed by atoms with E-state index in [1.165, 1.54) is 0 Å². The van der Waals surface area contributed by atoms with Crippen LogP contribution in [0.4, 0.5) is 0 Å². The van der Waals surface area contributed by atoms with E-state index in [1.807, 2.05) is 24.3 Å². The lowest BCUT2D eigenvalue weighted by Gasteiger charge is -2.20. The Balaban J connectivity index is 1.50. The van der Waals surface area contributed by atoms with Crippen LogP contribution in [0.1, 0.15) is 30.3 Å². The smallest absolute Gasteiger partial charge is 0.249 e. The Morgan fingerprint density at radius 2 is 2.03 bits per heavy atom. The van der Waals surface area contributed by atoms with Crippen molar-refractivity contribution in [2.75, 3.05) is 20.8 Å². The number of hydrogen-bond donors (Lipinski definition) is 0. The van der Waals surface area contributed by atoms with Gasteiger partial charge in [-0.3, -0.25) is 4.79 Å². The standard InChI is InChI=1S/C23H22ClN3O4/c1-29-19-10-8-15(13-20(19)30-2)9-11-21(28)27-12-4-7-18(27)23-25-22(26-31-23)16-5-3-6-17(24)14-16/h3,5-6,8-11,13-14,18H,4,7,12H2,1-2H3/b11-9+/t18-/m0/s1. The van der Waals surface area contributed by atoms with Gasteiger partial charge in [0.2, 0.25) is 17.6 Å². The van der Waals surface area contributed by atoms with Crippen LogP contribution >= 0.6 is 11.6 Å². The summed E-state index contributed by atoms with van der Waals surface area (Å²) in [6, 6.07) is 12.5. The molecule has 0 saturated carbocycles. The molecule has 0 spiro atoms. The lowest BCUT2D eigenvalue weighted by atomic mass is 10.1. The molecule has 1 aliphatic rings. The van der Waals surface area contributed by atoms with Crippen LogP contribution in [0, 0.1) is 0 Å². The largest absolute Gasteiger partial charge is 0.493 e. The summed E-state index contributed by atoms with van der Waals surface area (Å²) in [6.45, 7) is 0.634. The number of hydrogen-bond acceptors (Lipinski definition) is 6. The summed E-state index contributed by atoms with van der Waals surface area (Å²) >= 11 is 6.05. The topological polar surface area (TPSA) is 77.7 Å². The maximum Gasteiger partial charge on any atom is 0.249 e. The van der Waals surface area contributed by atoms with Crippen molar-refractivity contribution in [1.29, 1.82) is 0 Å². The Labute approximate surface area is 185 Å². The minimum atomic E-state index is -0.247.